The Kier molecular flexibility index (Phi) is 3.42. The van der Waals surface area contributed by atoms with E-state index in [-0.39, 0.29) is 0 Å². The Bertz CT molecular complexity index is 602. The van der Waals surface area contributed by atoms with Crippen LogP contribution in [0.2, 0.25) is 0 Å². The molecule has 1 heterocycles. The van der Waals surface area contributed by atoms with E-state index in [4.69, 9.17) is 5.26 Å². The Morgan fingerprint density at radius 2 is 2.17 bits per heavy atom. The third kappa shape index (κ3) is 2.26. The first-order valence-electron chi connectivity index (χ1n) is 5.96. The van der Waals surface area contributed by atoms with Gasteiger partial charge in [-0.25, -0.2) is 8.42 Å². The molecular formula is C13H16N2O2S. The summed E-state index contributed by atoms with van der Waals surface area (Å²) < 4.78 is 26.4. The van der Waals surface area contributed by atoms with Gasteiger partial charge in [-0.05, 0) is 43.0 Å². The summed E-state index contributed by atoms with van der Waals surface area (Å²) in [7, 11) is -3.40. The summed E-state index contributed by atoms with van der Waals surface area (Å²) in [5.41, 5.74) is 1.12. The number of benzene rings is 1. The third-order valence-corrected chi connectivity index (χ3v) is 5.33. The fraction of sp³-hybridized carbons (Fsp3) is 0.462. The molecule has 18 heavy (non-hydrogen) atoms. The lowest BCUT2D eigenvalue weighted by Crippen LogP contribution is -2.29. The number of nitrogens with zero attached hydrogens (tertiary/aromatic N) is 2. The first kappa shape index (κ1) is 13.1. The van der Waals surface area contributed by atoms with Crippen LogP contribution in [0, 0.1) is 24.2 Å². The van der Waals surface area contributed by atoms with Crippen molar-refractivity contribution in [2.75, 3.05) is 13.1 Å². The van der Waals surface area contributed by atoms with Crippen molar-refractivity contribution < 1.29 is 8.42 Å². The molecule has 4 nitrogen and oxygen atoms in total. The molecule has 96 valence electrons. The molecular weight excluding hydrogens is 248 g/mol. The molecule has 1 aromatic rings. The maximum Gasteiger partial charge on any atom is 0.243 e. The first-order chi connectivity index (χ1) is 8.45. The van der Waals surface area contributed by atoms with E-state index in [1.165, 1.54) is 10.4 Å². The van der Waals surface area contributed by atoms with E-state index in [9.17, 15) is 8.42 Å². The minimum Gasteiger partial charge on any atom is -0.207 e. The molecule has 1 atom stereocenters. The van der Waals surface area contributed by atoms with Crippen LogP contribution in [-0.4, -0.2) is 25.8 Å². The third-order valence-electron chi connectivity index (χ3n) is 3.31. The maximum absolute atomic E-state index is 12.4. The van der Waals surface area contributed by atoms with Gasteiger partial charge < -0.3 is 0 Å². The highest BCUT2D eigenvalue weighted by molar-refractivity contribution is 7.89. The fourth-order valence-corrected chi connectivity index (χ4v) is 4.04. The van der Waals surface area contributed by atoms with Crippen molar-refractivity contribution in [1.82, 2.24) is 4.31 Å². The van der Waals surface area contributed by atoms with Crippen LogP contribution < -0.4 is 0 Å². The van der Waals surface area contributed by atoms with Gasteiger partial charge in [-0.2, -0.15) is 9.57 Å². The van der Waals surface area contributed by atoms with Crippen molar-refractivity contribution in [3.05, 3.63) is 29.3 Å². The van der Waals surface area contributed by atoms with Crippen LogP contribution in [0.15, 0.2) is 23.1 Å². The lowest BCUT2D eigenvalue weighted by Gasteiger charge is -2.17. The predicted octanol–water partition coefficient (Wildman–Crippen LogP) is 1.90. The van der Waals surface area contributed by atoms with Gasteiger partial charge in [-0.1, -0.05) is 6.92 Å². The van der Waals surface area contributed by atoms with Crippen LogP contribution in [0.1, 0.15) is 24.5 Å². The second-order valence-electron chi connectivity index (χ2n) is 4.85. The van der Waals surface area contributed by atoms with Crippen molar-refractivity contribution in [1.29, 1.82) is 5.26 Å². The Labute approximate surface area is 108 Å². The number of sulfonamides is 1. The van der Waals surface area contributed by atoms with E-state index < -0.39 is 10.0 Å². The minimum absolute atomic E-state index is 0.315. The number of hydrogen-bond acceptors (Lipinski definition) is 3. The number of hydrogen-bond donors (Lipinski definition) is 0. The zero-order valence-electron chi connectivity index (χ0n) is 10.5. The molecule has 0 amide bonds. The monoisotopic (exact) mass is 264 g/mol. The van der Waals surface area contributed by atoms with Crippen molar-refractivity contribution in [2.45, 2.75) is 25.2 Å². The van der Waals surface area contributed by atoms with Gasteiger partial charge >= 0.3 is 0 Å². The summed E-state index contributed by atoms with van der Waals surface area (Å²) in [6, 6.07) is 6.72. The van der Waals surface area contributed by atoms with Gasteiger partial charge in [0.15, 0.2) is 0 Å². The van der Waals surface area contributed by atoms with Crippen molar-refractivity contribution in [3.63, 3.8) is 0 Å². The molecule has 1 aliphatic rings. The van der Waals surface area contributed by atoms with Crippen molar-refractivity contribution >= 4 is 10.0 Å². The highest BCUT2D eigenvalue weighted by Gasteiger charge is 2.31. The van der Waals surface area contributed by atoms with Crippen LogP contribution in [0.5, 0.6) is 0 Å². The van der Waals surface area contributed by atoms with Crippen LogP contribution in [0.3, 0.4) is 0 Å². The van der Waals surface area contributed by atoms with E-state index in [1.807, 2.05) is 6.07 Å². The Balaban J connectivity index is 2.39. The molecule has 0 spiro atoms. The lowest BCUT2D eigenvalue weighted by atomic mass is 10.2. The summed E-state index contributed by atoms with van der Waals surface area (Å²) in [5, 5.41) is 8.79. The van der Waals surface area contributed by atoms with Crippen LogP contribution >= 0.6 is 0 Å². The molecule has 1 fully saturated rings. The van der Waals surface area contributed by atoms with E-state index in [2.05, 4.69) is 6.92 Å². The molecule has 1 aromatic carbocycles. The number of aryl methyl sites for hydroxylation is 1. The maximum atomic E-state index is 12.4. The average molecular weight is 264 g/mol. The first-order valence-corrected chi connectivity index (χ1v) is 7.40. The molecule has 1 unspecified atom stereocenters. The van der Waals surface area contributed by atoms with Gasteiger partial charge in [0.25, 0.3) is 0 Å². The summed E-state index contributed by atoms with van der Waals surface area (Å²) in [6.07, 6.45) is 0.911. The fourth-order valence-electron chi connectivity index (χ4n) is 2.26. The summed E-state index contributed by atoms with van der Waals surface area (Å²) in [5.74, 6) is 0.415. The molecule has 0 radical (unpaired) electrons. The number of rotatable bonds is 2. The van der Waals surface area contributed by atoms with E-state index >= 15 is 0 Å². The molecule has 5 heteroatoms. The van der Waals surface area contributed by atoms with Crippen LogP contribution in [0.4, 0.5) is 0 Å². The van der Waals surface area contributed by atoms with Gasteiger partial charge in [0.05, 0.1) is 16.5 Å². The standard InChI is InChI=1S/C13H16N2O2S/c1-10-5-6-15(9-10)18(16,17)13-4-3-12(8-14)7-11(13)2/h3-4,7,10H,5-6,9H2,1-2H3. The molecule has 1 saturated heterocycles. The average Bonchev–Trinajstić information content (AvgIpc) is 2.76. The number of nitriles is 1. The zero-order chi connectivity index (χ0) is 13.3. The van der Waals surface area contributed by atoms with Gasteiger partial charge in [0.1, 0.15) is 0 Å². The largest absolute Gasteiger partial charge is 0.243 e. The lowest BCUT2D eigenvalue weighted by molar-refractivity contribution is 0.464. The van der Waals surface area contributed by atoms with Crippen molar-refractivity contribution in [3.8, 4) is 6.07 Å². The minimum atomic E-state index is -3.40. The summed E-state index contributed by atoms with van der Waals surface area (Å²) in [4.78, 5) is 0.315. The molecule has 0 aliphatic carbocycles. The molecule has 2 rings (SSSR count). The van der Waals surface area contributed by atoms with Gasteiger partial charge in [-0.3, -0.25) is 0 Å². The normalized spacial score (nSPS) is 20.8. The smallest absolute Gasteiger partial charge is 0.207 e. The Morgan fingerprint density at radius 1 is 1.44 bits per heavy atom. The predicted molar refractivity (Wildman–Crippen MR) is 68.4 cm³/mol. The van der Waals surface area contributed by atoms with E-state index in [1.54, 1.807) is 19.1 Å². The molecule has 0 bridgehead atoms. The Morgan fingerprint density at radius 3 is 2.67 bits per heavy atom. The van der Waals surface area contributed by atoms with Crippen LogP contribution in [0.25, 0.3) is 0 Å². The highest BCUT2D eigenvalue weighted by Crippen LogP contribution is 2.26. The second kappa shape index (κ2) is 4.71. The van der Waals surface area contributed by atoms with Gasteiger partial charge in [0, 0.05) is 13.1 Å². The van der Waals surface area contributed by atoms with Gasteiger partial charge in [0.2, 0.25) is 10.0 Å². The molecule has 0 aromatic heterocycles. The quantitative estimate of drug-likeness (QED) is 0.819. The molecule has 0 saturated carbocycles. The van der Waals surface area contributed by atoms with Gasteiger partial charge in [-0.15, -0.1) is 0 Å². The van der Waals surface area contributed by atoms with Crippen LogP contribution in [-0.2, 0) is 10.0 Å². The highest BCUT2D eigenvalue weighted by atomic mass is 32.2. The van der Waals surface area contributed by atoms with Crippen molar-refractivity contribution in [2.24, 2.45) is 5.92 Å². The SMILES string of the molecule is Cc1cc(C#N)ccc1S(=O)(=O)N1CCC(C)C1. The van der Waals surface area contributed by atoms with E-state index in [0.717, 1.165) is 6.42 Å². The summed E-state index contributed by atoms with van der Waals surface area (Å²) in [6.45, 7) is 4.96. The van der Waals surface area contributed by atoms with E-state index in [0.29, 0.717) is 35.0 Å². The Hall–Kier alpha value is -1.38. The zero-order valence-corrected chi connectivity index (χ0v) is 11.4. The second-order valence-corrected chi connectivity index (χ2v) is 6.76. The molecule has 1 aliphatic heterocycles. The molecule has 0 N–H and O–H groups in total. The topological polar surface area (TPSA) is 61.2 Å². The summed E-state index contributed by atoms with van der Waals surface area (Å²) >= 11 is 0.